The van der Waals surface area contributed by atoms with E-state index in [9.17, 15) is 4.79 Å². The lowest BCUT2D eigenvalue weighted by Gasteiger charge is -2.41. The van der Waals surface area contributed by atoms with Crippen molar-refractivity contribution >= 4 is 11.9 Å². The predicted octanol–water partition coefficient (Wildman–Crippen LogP) is 1.43. The van der Waals surface area contributed by atoms with Crippen LogP contribution in [0.5, 0.6) is 5.88 Å². The first-order valence-corrected chi connectivity index (χ1v) is 9.28. The maximum Gasteiger partial charge on any atom is 0.228 e. The molecule has 1 amide bonds. The Balaban J connectivity index is 1.60. The number of aromatic nitrogens is 2. The van der Waals surface area contributed by atoms with E-state index in [1.165, 1.54) is 6.42 Å². The van der Waals surface area contributed by atoms with E-state index in [1.807, 2.05) is 6.92 Å². The van der Waals surface area contributed by atoms with Crippen molar-refractivity contribution < 1.29 is 9.53 Å². The highest BCUT2D eigenvalue weighted by atomic mass is 16.5. The Hall–Kier alpha value is -1.89. The number of carbonyl (C=O) groups is 1. The molecule has 0 spiro atoms. The molecule has 3 rings (SSSR count). The van der Waals surface area contributed by atoms with Gasteiger partial charge in [-0.15, -0.1) is 0 Å². The van der Waals surface area contributed by atoms with Crippen molar-refractivity contribution in [3.05, 3.63) is 12.3 Å². The van der Waals surface area contributed by atoms with Crippen LogP contribution in [0.2, 0.25) is 0 Å². The van der Waals surface area contributed by atoms with E-state index < -0.39 is 0 Å². The molecule has 7 nitrogen and oxygen atoms in total. The Kier molecular flexibility index (Phi) is 5.73. The number of hydrogen-bond donors (Lipinski definition) is 1. The fourth-order valence-electron chi connectivity index (χ4n) is 3.94. The first-order valence-electron chi connectivity index (χ1n) is 9.28. The number of methoxy groups -OCH3 is 1. The minimum Gasteiger partial charge on any atom is -0.481 e. The highest BCUT2D eigenvalue weighted by molar-refractivity contribution is 5.79. The molecule has 7 heteroatoms. The molecule has 0 radical (unpaired) electrons. The molecule has 0 saturated carbocycles. The second-order valence-electron chi connectivity index (χ2n) is 7.11. The molecule has 2 fully saturated rings. The fourth-order valence-corrected chi connectivity index (χ4v) is 3.94. The standard InChI is InChI=1S/C18H29N5O2/c1-13(19)15-5-3-4-10-23(15)17(24)14-7-11-22(12-8-14)18-20-9-6-16(21-18)25-2/h6,9,13-15H,3-5,7-8,10-12,19H2,1-2H3/t13-,15+/m0/s1. The minimum atomic E-state index is 0.0366. The van der Waals surface area contributed by atoms with Crippen LogP contribution in [-0.2, 0) is 4.79 Å². The van der Waals surface area contributed by atoms with Crippen LogP contribution in [0.1, 0.15) is 39.0 Å². The monoisotopic (exact) mass is 347 g/mol. The number of amides is 1. The highest BCUT2D eigenvalue weighted by Crippen LogP contribution is 2.27. The second-order valence-corrected chi connectivity index (χ2v) is 7.11. The molecule has 0 unspecified atom stereocenters. The summed E-state index contributed by atoms with van der Waals surface area (Å²) in [6.45, 7) is 4.45. The van der Waals surface area contributed by atoms with Gasteiger partial charge in [-0.2, -0.15) is 4.98 Å². The Morgan fingerprint density at radius 1 is 1.28 bits per heavy atom. The normalized spacial score (nSPS) is 23.4. The number of piperidine rings is 2. The fraction of sp³-hybridized carbons (Fsp3) is 0.722. The zero-order valence-electron chi connectivity index (χ0n) is 15.2. The molecule has 2 N–H and O–H groups in total. The molecule has 3 heterocycles. The molecular formula is C18H29N5O2. The summed E-state index contributed by atoms with van der Waals surface area (Å²) in [5.41, 5.74) is 6.12. The first-order chi connectivity index (χ1) is 12.1. The van der Waals surface area contributed by atoms with Gasteiger partial charge in [0.1, 0.15) is 0 Å². The molecule has 1 aromatic heterocycles. The Morgan fingerprint density at radius 2 is 2.04 bits per heavy atom. The lowest BCUT2D eigenvalue weighted by molar-refractivity contribution is -0.140. The number of rotatable bonds is 4. The molecule has 25 heavy (non-hydrogen) atoms. The van der Waals surface area contributed by atoms with Gasteiger partial charge in [0.05, 0.1) is 7.11 Å². The second kappa shape index (κ2) is 7.99. The number of anilines is 1. The Morgan fingerprint density at radius 3 is 2.72 bits per heavy atom. The van der Waals surface area contributed by atoms with Crippen molar-refractivity contribution in [2.24, 2.45) is 11.7 Å². The molecule has 2 saturated heterocycles. The van der Waals surface area contributed by atoms with E-state index in [-0.39, 0.29) is 23.9 Å². The molecule has 2 aliphatic rings. The number of likely N-dealkylation sites (tertiary alicyclic amines) is 1. The zero-order chi connectivity index (χ0) is 17.8. The van der Waals surface area contributed by atoms with Crippen LogP contribution in [0.25, 0.3) is 0 Å². The summed E-state index contributed by atoms with van der Waals surface area (Å²) in [4.78, 5) is 25.9. The van der Waals surface area contributed by atoms with Crippen molar-refractivity contribution in [3.8, 4) is 5.88 Å². The summed E-state index contributed by atoms with van der Waals surface area (Å²) >= 11 is 0. The van der Waals surface area contributed by atoms with Gasteiger partial charge in [-0.3, -0.25) is 4.79 Å². The van der Waals surface area contributed by atoms with Crippen molar-refractivity contribution in [1.82, 2.24) is 14.9 Å². The van der Waals surface area contributed by atoms with Crippen LogP contribution >= 0.6 is 0 Å². The van der Waals surface area contributed by atoms with Gasteiger partial charge in [0, 0.05) is 49.9 Å². The molecule has 0 aliphatic carbocycles. The van der Waals surface area contributed by atoms with Crippen LogP contribution in [-0.4, -0.2) is 59.6 Å². The number of carbonyl (C=O) groups excluding carboxylic acids is 1. The number of ether oxygens (including phenoxy) is 1. The summed E-state index contributed by atoms with van der Waals surface area (Å²) in [5.74, 6) is 1.61. The van der Waals surface area contributed by atoms with Gasteiger partial charge in [0.2, 0.25) is 17.7 Å². The lowest BCUT2D eigenvalue weighted by Crippen LogP contribution is -2.54. The van der Waals surface area contributed by atoms with E-state index in [0.29, 0.717) is 11.8 Å². The van der Waals surface area contributed by atoms with Crippen molar-refractivity contribution in [1.29, 1.82) is 0 Å². The van der Waals surface area contributed by atoms with Gasteiger partial charge < -0.3 is 20.3 Å². The molecule has 2 aliphatic heterocycles. The van der Waals surface area contributed by atoms with E-state index in [1.54, 1.807) is 19.4 Å². The number of nitrogens with zero attached hydrogens (tertiary/aromatic N) is 4. The largest absolute Gasteiger partial charge is 0.481 e. The third-order valence-corrected chi connectivity index (χ3v) is 5.39. The molecule has 138 valence electrons. The molecule has 2 atom stereocenters. The quantitative estimate of drug-likeness (QED) is 0.887. The number of hydrogen-bond acceptors (Lipinski definition) is 6. The van der Waals surface area contributed by atoms with Crippen molar-refractivity contribution in [3.63, 3.8) is 0 Å². The Labute approximate surface area is 149 Å². The van der Waals surface area contributed by atoms with Gasteiger partial charge in [-0.05, 0) is 39.0 Å². The topological polar surface area (TPSA) is 84.6 Å². The van der Waals surface area contributed by atoms with E-state index >= 15 is 0 Å². The van der Waals surface area contributed by atoms with Gasteiger partial charge in [0.15, 0.2) is 0 Å². The average molecular weight is 347 g/mol. The maximum atomic E-state index is 13.0. The molecule has 1 aromatic rings. The first kappa shape index (κ1) is 17.9. The van der Waals surface area contributed by atoms with Crippen LogP contribution in [0.15, 0.2) is 12.3 Å². The molecule has 0 aromatic carbocycles. The van der Waals surface area contributed by atoms with E-state index in [4.69, 9.17) is 10.5 Å². The van der Waals surface area contributed by atoms with Gasteiger partial charge in [-0.25, -0.2) is 4.98 Å². The van der Waals surface area contributed by atoms with Gasteiger partial charge in [0.25, 0.3) is 0 Å². The highest BCUT2D eigenvalue weighted by Gasteiger charge is 2.35. The van der Waals surface area contributed by atoms with Crippen molar-refractivity contribution in [2.75, 3.05) is 31.6 Å². The Bertz CT molecular complexity index is 587. The summed E-state index contributed by atoms with van der Waals surface area (Å²) in [6.07, 6.45) is 6.66. The summed E-state index contributed by atoms with van der Waals surface area (Å²) in [6, 6.07) is 1.97. The third kappa shape index (κ3) is 4.03. The van der Waals surface area contributed by atoms with Crippen LogP contribution in [0.3, 0.4) is 0 Å². The summed E-state index contributed by atoms with van der Waals surface area (Å²) in [7, 11) is 1.60. The third-order valence-electron chi connectivity index (χ3n) is 5.39. The summed E-state index contributed by atoms with van der Waals surface area (Å²) < 4.78 is 5.17. The molecule has 0 bridgehead atoms. The minimum absolute atomic E-state index is 0.0366. The smallest absolute Gasteiger partial charge is 0.228 e. The average Bonchev–Trinajstić information content (AvgIpc) is 2.67. The van der Waals surface area contributed by atoms with Crippen molar-refractivity contribution in [2.45, 2.75) is 51.1 Å². The SMILES string of the molecule is COc1ccnc(N2CCC(C(=O)N3CCCC[C@@H]3[C@H](C)N)CC2)n1. The zero-order valence-corrected chi connectivity index (χ0v) is 15.2. The number of nitrogens with two attached hydrogens (primary N) is 1. The van der Waals surface area contributed by atoms with Crippen LogP contribution in [0, 0.1) is 5.92 Å². The molecular weight excluding hydrogens is 318 g/mol. The summed E-state index contributed by atoms with van der Waals surface area (Å²) in [5, 5.41) is 0. The van der Waals surface area contributed by atoms with Gasteiger partial charge in [-0.1, -0.05) is 0 Å². The van der Waals surface area contributed by atoms with E-state index in [0.717, 1.165) is 45.3 Å². The van der Waals surface area contributed by atoms with Crippen LogP contribution in [0.4, 0.5) is 5.95 Å². The van der Waals surface area contributed by atoms with Crippen LogP contribution < -0.4 is 15.4 Å². The lowest BCUT2D eigenvalue weighted by atomic mass is 9.91. The predicted molar refractivity (Wildman–Crippen MR) is 96.5 cm³/mol. The van der Waals surface area contributed by atoms with E-state index in [2.05, 4.69) is 19.8 Å². The maximum absolute atomic E-state index is 13.0. The van der Waals surface area contributed by atoms with Gasteiger partial charge >= 0.3 is 0 Å².